The lowest BCUT2D eigenvalue weighted by molar-refractivity contribution is -0.246. The van der Waals surface area contributed by atoms with E-state index in [1.807, 2.05) is 6.92 Å². The Bertz CT molecular complexity index is 130. The molecule has 0 heterocycles. The smallest absolute Gasteiger partial charge is 0.0954 e. The van der Waals surface area contributed by atoms with E-state index in [4.69, 9.17) is 5.26 Å². The van der Waals surface area contributed by atoms with E-state index >= 15 is 0 Å². The van der Waals surface area contributed by atoms with E-state index in [9.17, 15) is 0 Å². The summed E-state index contributed by atoms with van der Waals surface area (Å²) < 4.78 is 0. The molecule has 1 atom stereocenters. The third-order valence-corrected chi connectivity index (χ3v) is 0.756. The SMILES string of the molecule is C=CC#CC(C)COO. The molecule has 0 saturated carbocycles. The third-order valence-electron chi connectivity index (χ3n) is 0.756. The van der Waals surface area contributed by atoms with E-state index in [1.54, 1.807) is 0 Å². The molecule has 2 nitrogen and oxygen atoms in total. The number of rotatable bonds is 2. The fraction of sp³-hybridized carbons (Fsp3) is 0.429. The minimum atomic E-state index is 0.0630. The first-order chi connectivity index (χ1) is 4.31. The van der Waals surface area contributed by atoms with Crippen LogP contribution in [-0.2, 0) is 4.89 Å². The zero-order chi connectivity index (χ0) is 7.11. The first kappa shape index (κ1) is 8.22. The summed E-state index contributed by atoms with van der Waals surface area (Å²) in [4.78, 5) is 3.86. The quantitative estimate of drug-likeness (QED) is 0.343. The van der Waals surface area contributed by atoms with Crippen LogP contribution in [0.25, 0.3) is 0 Å². The van der Waals surface area contributed by atoms with Crippen LogP contribution in [0.15, 0.2) is 12.7 Å². The average molecular weight is 126 g/mol. The molecule has 0 aromatic rings. The minimum Gasteiger partial charge on any atom is -0.252 e. The van der Waals surface area contributed by atoms with Crippen molar-refractivity contribution >= 4 is 0 Å². The molecule has 0 aromatic carbocycles. The lowest BCUT2D eigenvalue weighted by Crippen LogP contribution is -1.99. The zero-order valence-electron chi connectivity index (χ0n) is 5.42. The Labute approximate surface area is 55.1 Å². The number of allylic oxidation sites excluding steroid dienone is 1. The predicted octanol–water partition coefficient (Wildman–Crippen LogP) is 1.30. The van der Waals surface area contributed by atoms with Gasteiger partial charge in [0.1, 0.15) is 0 Å². The van der Waals surface area contributed by atoms with Crippen LogP contribution in [0.4, 0.5) is 0 Å². The van der Waals surface area contributed by atoms with Gasteiger partial charge in [-0.1, -0.05) is 18.4 Å². The van der Waals surface area contributed by atoms with Crippen molar-refractivity contribution in [3.63, 3.8) is 0 Å². The van der Waals surface area contributed by atoms with Crippen molar-refractivity contribution in [2.75, 3.05) is 6.61 Å². The van der Waals surface area contributed by atoms with Gasteiger partial charge in [-0.2, -0.15) is 0 Å². The summed E-state index contributed by atoms with van der Waals surface area (Å²) in [5.41, 5.74) is 0. The van der Waals surface area contributed by atoms with E-state index in [-0.39, 0.29) is 12.5 Å². The Kier molecular flexibility index (Phi) is 4.89. The van der Waals surface area contributed by atoms with Gasteiger partial charge in [0.2, 0.25) is 0 Å². The molecule has 0 fully saturated rings. The van der Waals surface area contributed by atoms with Gasteiger partial charge in [0.25, 0.3) is 0 Å². The maximum absolute atomic E-state index is 7.94. The molecule has 2 heteroatoms. The van der Waals surface area contributed by atoms with Crippen LogP contribution in [0.3, 0.4) is 0 Å². The Morgan fingerprint density at radius 2 is 2.56 bits per heavy atom. The summed E-state index contributed by atoms with van der Waals surface area (Å²) in [5, 5.41) is 7.94. The lowest BCUT2D eigenvalue weighted by Gasteiger charge is -1.96. The summed E-state index contributed by atoms with van der Waals surface area (Å²) in [6.07, 6.45) is 1.51. The largest absolute Gasteiger partial charge is 0.252 e. The van der Waals surface area contributed by atoms with E-state index in [0.717, 1.165) is 0 Å². The van der Waals surface area contributed by atoms with Gasteiger partial charge in [-0.15, -0.1) is 0 Å². The van der Waals surface area contributed by atoms with Crippen molar-refractivity contribution < 1.29 is 10.1 Å². The Morgan fingerprint density at radius 1 is 1.89 bits per heavy atom. The topological polar surface area (TPSA) is 29.5 Å². The minimum absolute atomic E-state index is 0.0630. The van der Waals surface area contributed by atoms with Gasteiger partial charge in [-0.25, -0.2) is 4.89 Å². The van der Waals surface area contributed by atoms with Gasteiger partial charge in [-0.3, -0.25) is 5.26 Å². The second-order valence-electron chi connectivity index (χ2n) is 1.69. The summed E-state index contributed by atoms with van der Waals surface area (Å²) >= 11 is 0. The maximum atomic E-state index is 7.94. The van der Waals surface area contributed by atoms with Crippen molar-refractivity contribution in [3.8, 4) is 11.8 Å². The van der Waals surface area contributed by atoms with Gasteiger partial charge < -0.3 is 0 Å². The molecular weight excluding hydrogens is 116 g/mol. The van der Waals surface area contributed by atoms with Crippen LogP contribution in [-0.4, -0.2) is 11.9 Å². The van der Waals surface area contributed by atoms with Crippen molar-refractivity contribution in [1.29, 1.82) is 0 Å². The Balaban J connectivity index is 3.47. The molecule has 0 amide bonds. The summed E-state index contributed by atoms with van der Waals surface area (Å²) in [6, 6.07) is 0. The van der Waals surface area contributed by atoms with E-state index in [1.165, 1.54) is 6.08 Å². The zero-order valence-corrected chi connectivity index (χ0v) is 5.42. The van der Waals surface area contributed by atoms with E-state index < -0.39 is 0 Å². The highest BCUT2D eigenvalue weighted by Gasteiger charge is 1.93. The summed E-state index contributed by atoms with van der Waals surface area (Å²) in [5.74, 6) is 5.50. The lowest BCUT2D eigenvalue weighted by atomic mass is 10.2. The molecule has 50 valence electrons. The molecule has 1 unspecified atom stereocenters. The van der Waals surface area contributed by atoms with Gasteiger partial charge in [0.15, 0.2) is 0 Å². The van der Waals surface area contributed by atoms with Crippen LogP contribution >= 0.6 is 0 Å². The van der Waals surface area contributed by atoms with Crippen molar-refractivity contribution in [2.24, 2.45) is 5.92 Å². The first-order valence-electron chi connectivity index (χ1n) is 2.69. The Hall–Kier alpha value is -0.780. The van der Waals surface area contributed by atoms with E-state index in [2.05, 4.69) is 23.3 Å². The second-order valence-corrected chi connectivity index (χ2v) is 1.69. The fourth-order valence-electron chi connectivity index (χ4n) is 0.355. The van der Waals surface area contributed by atoms with Crippen molar-refractivity contribution in [1.82, 2.24) is 0 Å². The molecule has 0 aromatic heterocycles. The summed E-state index contributed by atoms with van der Waals surface area (Å²) in [7, 11) is 0. The van der Waals surface area contributed by atoms with Gasteiger partial charge >= 0.3 is 0 Å². The summed E-state index contributed by atoms with van der Waals surface area (Å²) in [6.45, 7) is 5.52. The molecular formula is C7H10O2. The van der Waals surface area contributed by atoms with Gasteiger partial charge in [-0.05, 0) is 13.0 Å². The maximum Gasteiger partial charge on any atom is 0.0954 e. The molecule has 9 heavy (non-hydrogen) atoms. The molecule has 0 spiro atoms. The van der Waals surface area contributed by atoms with Crippen molar-refractivity contribution in [3.05, 3.63) is 12.7 Å². The highest BCUT2D eigenvalue weighted by Crippen LogP contribution is 1.90. The van der Waals surface area contributed by atoms with Crippen LogP contribution < -0.4 is 0 Å². The van der Waals surface area contributed by atoms with Crippen LogP contribution in [0.2, 0.25) is 0 Å². The molecule has 1 N–H and O–H groups in total. The van der Waals surface area contributed by atoms with Crippen LogP contribution in [0.1, 0.15) is 6.92 Å². The number of hydrogen-bond acceptors (Lipinski definition) is 2. The monoisotopic (exact) mass is 126 g/mol. The highest BCUT2D eigenvalue weighted by atomic mass is 17.1. The van der Waals surface area contributed by atoms with Gasteiger partial charge in [0.05, 0.1) is 6.61 Å². The Morgan fingerprint density at radius 3 is 3.00 bits per heavy atom. The standard InChI is InChI=1S/C7H10O2/c1-3-4-5-7(2)6-9-8/h3,7-8H,1,6H2,2H3. The average Bonchev–Trinajstić information content (AvgIpc) is 1.85. The molecule has 0 aliphatic rings. The first-order valence-corrected chi connectivity index (χ1v) is 2.69. The second kappa shape index (κ2) is 5.36. The third kappa shape index (κ3) is 5.09. The molecule has 0 radical (unpaired) electrons. The highest BCUT2D eigenvalue weighted by molar-refractivity contribution is 5.13. The number of hydrogen-bond donors (Lipinski definition) is 1. The molecule has 0 aliphatic carbocycles. The van der Waals surface area contributed by atoms with Gasteiger partial charge in [0, 0.05) is 5.92 Å². The molecule has 0 saturated heterocycles. The fourth-order valence-corrected chi connectivity index (χ4v) is 0.355. The molecule has 0 rings (SSSR count). The normalized spacial score (nSPS) is 11.3. The van der Waals surface area contributed by atoms with Crippen LogP contribution in [0, 0.1) is 17.8 Å². The predicted molar refractivity (Wildman–Crippen MR) is 35.7 cm³/mol. The molecule has 0 bridgehead atoms. The van der Waals surface area contributed by atoms with Crippen LogP contribution in [0.5, 0.6) is 0 Å². The van der Waals surface area contributed by atoms with E-state index in [0.29, 0.717) is 0 Å². The van der Waals surface area contributed by atoms with Crippen molar-refractivity contribution in [2.45, 2.75) is 6.92 Å². The molecule has 0 aliphatic heterocycles.